The van der Waals surface area contributed by atoms with Crippen molar-refractivity contribution < 1.29 is 4.74 Å². The molecule has 2 aromatic rings. The Bertz CT molecular complexity index is 533. The van der Waals surface area contributed by atoms with Crippen LogP contribution in [0.3, 0.4) is 0 Å². The first-order valence-electron chi connectivity index (χ1n) is 6.49. The van der Waals surface area contributed by atoms with Gasteiger partial charge in [-0.1, -0.05) is 11.6 Å². The lowest BCUT2D eigenvalue weighted by Crippen LogP contribution is -2.14. The highest BCUT2D eigenvalue weighted by Crippen LogP contribution is 2.23. The molecule has 4 heteroatoms. The number of ether oxygens (including phenoxy) is 1. The van der Waals surface area contributed by atoms with Gasteiger partial charge in [0.25, 0.3) is 0 Å². The van der Waals surface area contributed by atoms with Crippen LogP contribution in [-0.2, 0) is 13.2 Å². The molecule has 1 saturated carbocycles. The number of hydrogen-bond acceptors (Lipinski definition) is 3. The third kappa shape index (κ3) is 3.96. The maximum absolute atomic E-state index is 5.84. The zero-order chi connectivity index (χ0) is 13.1. The lowest BCUT2D eigenvalue weighted by molar-refractivity contribution is 0.310. The average molecular weight is 294 g/mol. The van der Waals surface area contributed by atoms with Gasteiger partial charge < -0.3 is 10.1 Å². The molecule has 0 amide bonds. The predicted molar refractivity (Wildman–Crippen MR) is 80.0 cm³/mol. The summed E-state index contributed by atoms with van der Waals surface area (Å²) in [6.45, 7) is 1.60. The minimum atomic E-state index is 0.621. The molecule has 1 N–H and O–H groups in total. The van der Waals surface area contributed by atoms with Gasteiger partial charge in [0.15, 0.2) is 0 Å². The fourth-order valence-electron chi connectivity index (χ4n) is 1.81. The number of benzene rings is 1. The fraction of sp³-hybridized carbons (Fsp3) is 0.333. The minimum absolute atomic E-state index is 0.621. The van der Waals surface area contributed by atoms with E-state index < -0.39 is 0 Å². The quantitative estimate of drug-likeness (QED) is 0.860. The molecule has 0 bridgehead atoms. The molecule has 0 saturated heterocycles. The van der Waals surface area contributed by atoms with Crippen molar-refractivity contribution in [1.29, 1.82) is 0 Å². The van der Waals surface area contributed by atoms with E-state index in [2.05, 4.69) is 17.4 Å². The van der Waals surface area contributed by atoms with Gasteiger partial charge >= 0.3 is 0 Å². The molecule has 0 spiro atoms. The van der Waals surface area contributed by atoms with Gasteiger partial charge in [-0.2, -0.15) is 0 Å². The molecular weight excluding hydrogens is 278 g/mol. The van der Waals surface area contributed by atoms with Crippen LogP contribution in [0.25, 0.3) is 0 Å². The van der Waals surface area contributed by atoms with Gasteiger partial charge in [-0.3, -0.25) is 0 Å². The van der Waals surface area contributed by atoms with Crippen LogP contribution in [-0.4, -0.2) is 6.04 Å². The van der Waals surface area contributed by atoms with E-state index in [-0.39, 0.29) is 0 Å². The van der Waals surface area contributed by atoms with E-state index in [1.165, 1.54) is 22.6 Å². The van der Waals surface area contributed by atoms with Crippen molar-refractivity contribution in [3.8, 4) is 5.75 Å². The molecule has 0 aliphatic heterocycles. The summed E-state index contributed by atoms with van der Waals surface area (Å²) in [5.41, 5.74) is 0. The Morgan fingerprint density at radius 2 is 1.84 bits per heavy atom. The van der Waals surface area contributed by atoms with Gasteiger partial charge in [0.1, 0.15) is 12.4 Å². The molecule has 2 nitrogen and oxygen atoms in total. The summed E-state index contributed by atoms with van der Waals surface area (Å²) in [4.78, 5) is 2.63. The first-order valence-corrected chi connectivity index (χ1v) is 7.68. The third-order valence-electron chi connectivity index (χ3n) is 3.05. The van der Waals surface area contributed by atoms with Crippen molar-refractivity contribution in [2.75, 3.05) is 0 Å². The second kappa shape index (κ2) is 5.95. The number of rotatable bonds is 6. The summed E-state index contributed by atoms with van der Waals surface area (Å²) in [6.07, 6.45) is 2.66. The van der Waals surface area contributed by atoms with E-state index in [0.717, 1.165) is 23.4 Å². The second-order valence-corrected chi connectivity index (χ2v) is 6.46. The Labute approximate surface area is 122 Å². The Hall–Kier alpha value is -1.03. The molecule has 100 valence electrons. The second-order valence-electron chi connectivity index (χ2n) is 4.77. The van der Waals surface area contributed by atoms with E-state index in [1.54, 1.807) is 0 Å². The molecule has 1 aromatic heterocycles. The van der Waals surface area contributed by atoms with Crippen LogP contribution in [0.4, 0.5) is 0 Å². The van der Waals surface area contributed by atoms with Crippen LogP contribution in [0.2, 0.25) is 5.02 Å². The third-order valence-corrected chi connectivity index (χ3v) is 4.37. The zero-order valence-corrected chi connectivity index (χ0v) is 12.1. The van der Waals surface area contributed by atoms with Crippen LogP contribution in [0.5, 0.6) is 5.75 Å². The molecule has 1 aliphatic rings. The van der Waals surface area contributed by atoms with Gasteiger partial charge in [0.05, 0.1) is 0 Å². The number of thiophene rings is 1. The van der Waals surface area contributed by atoms with Crippen molar-refractivity contribution in [2.24, 2.45) is 0 Å². The molecule has 1 aliphatic carbocycles. The topological polar surface area (TPSA) is 21.3 Å². The fourth-order valence-corrected chi connectivity index (χ4v) is 2.82. The summed E-state index contributed by atoms with van der Waals surface area (Å²) >= 11 is 7.65. The minimum Gasteiger partial charge on any atom is -0.488 e. The average Bonchev–Trinajstić information content (AvgIpc) is 3.15. The van der Waals surface area contributed by atoms with Crippen molar-refractivity contribution in [3.63, 3.8) is 0 Å². The predicted octanol–water partition coefficient (Wildman–Crippen LogP) is 4.23. The highest BCUT2D eigenvalue weighted by molar-refractivity contribution is 7.11. The van der Waals surface area contributed by atoms with Crippen molar-refractivity contribution >= 4 is 22.9 Å². The molecule has 0 atom stereocenters. The summed E-state index contributed by atoms with van der Waals surface area (Å²) in [7, 11) is 0. The Balaban J connectivity index is 1.50. The van der Waals surface area contributed by atoms with E-state index in [4.69, 9.17) is 16.3 Å². The molecular formula is C15H16ClNOS. The van der Waals surface area contributed by atoms with Crippen LogP contribution >= 0.6 is 22.9 Å². The molecule has 0 radical (unpaired) electrons. The van der Waals surface area contributed by atoms with Crippen LogP contribution in [0.1, 0.15) is 22.6 Å². The molecule has 1 aromatic carbocycles. The van der Waals surface area contributed by atoms with Crippen molar-refractivity contribution in [3.05, 3.63) is 51.2 Å². The lowest BCUT2D eigenvalue weighted by Gasteiger charge is -2.04. The summed E-state index contributed by atoms with van der Waals surface area (Å²) < 4.78 is 5.73. The number of nitrogens with one attached hydrogen (secondary N) is 1. The van der Waals surface area contributed by atoms with Gasteiger partial charge in [0.2, 0.25) is 0 Å². The monoisotopic (exact) mass is 293 g/mol. The maximum Gasteiger partial charge on any atom is 0.122 e. The number of halogens is 1. The van der Waals surface area contributed by atoms with Crippen molar-refractivity contribution in [2.45, 2.75) is 32.0 Å². The van der Waals surface area contributed by atoms with E-state index >= 15 is 0 Å². The maximum atomic E-state index is 5.84. The smallest absolute Gasteiger partial charge is 0.122 e. The first-order chi connectivity index (χ1) is 9.29. The highest BCUT2D eigenvalue weighted by Gasteiger charge is 2.20. The lowest BCUT2D eigenvalue weighted by atomic mass is 10.3. The first kappa shape index (κ1) is 13.0. The Kier molecular flexibility index (Phi) is 4.06. The van der Waals surface area contributed by atoms with Gasteiger partial charge in [-0.25, -0.2) is 0 Å². The zero-order valence-electron chi connectivity index (χ0n) is 10.6. The Morgan fingerprint density at radius 3 is 2.58 bits per heavy atom. The highest BCUT2D eigenvalue weighted by atomic mass is 35.5. The van der Waals surface area contributed by atoms with E-state index in [0.29, 0.717) is 6.61 Å². The molecule has 0 unspecified atom stereocenters. The van der Waals surface area contributed by atoms with E-state index in [1.807, 2.05) is 35.6 Å². The summed E-state index contributed by atoms with van der Waals surface area (Å²) in [5, 5.41) is 4.25. The van der Waals surface area contributed by atoms with Gasteiger partial charge in [-0.15, -0.1) is 11.3 Å². The number of hydrogen-bond donors (Lipinski definition) is 1. The van der Waals surface area contributed by atoms with E-state index in [9.17, 15) is 0 Å². The summed E-state index contributed by atoms with van der Waals surface area (Å²) in [6, 6.07) is 12.6. The Morgan fingerprint density at radius 1 is 1.11 bits per heavy atom. The van der Waals surface area contributed by atoms with Crippen LogP contribution in [0, 0.1) is 0 Å². The van der Waals surface area contributed by atoms with Gasteiger partial charge in [0, 0.05) is 27.4 Å². The molecule has 1 heterocycles. The molecule has 19 heavy (non-hydrogen) atoms. The normalized spacial score (nSPS) is 14.6. The molecule has 3 rings (SSSR count). The SMILES string of the molecule is Clc1ccc(OCc2ccc(CNC3CC3)s2)cc1. The van der Waals surface area contributed by atoms with Crippen LogP contribution < -0.4 is 10.1 Å². The van der Waals surface area contributed by atoms with Crippen molar-refractivity contribution in [1.82, 2.24) is 5.32 Å². The standard InChI is InChI=1S/C15H16ClNOS/c16-11-1-5-13(6-2-11)18-10-15-8-7-14(19-15)9-17-12-3-4-12/h1-2,5-8,12,17H,3-4,9-10H2. The molecule has 1 fully saturated rings. The van der Waals surface area contributed by atoms with Gasteiger partial charge in [-0.05, 0) is 49.2 Å². The van der Waals surface area contributed by atoms with Crippen LogP contribution in [0.15, 0.2) is 36.4 Å². The largest absolute Gasteiger partial charge is 0.488 e. The summed E-state index contributed by atoms with van der Waals surface area (Å²) in [5.74, 6) is 0.857.